The number of hydrogen-bond donors (Lipinski definition) is 1. The molecule has 0 aliphatic rings. The monoisotopic (exact) mass is 391 g/mol. The van der Waals surface area contributed by atoms with Crippen LogP contribution in [-0.2, 0) is 17.5 Å². The third-order valence-corrected chi connectivity index (χ3v) is 3.81. The Hall–Kier alpha value is -3.49. The van der Waals surface area contributed by atoms with Gasteiger partial charge in [0.05, 0.1) is 16.9 Å². The van der Waals surface area contributed by atoms with Gasteiger partial charge in [0.2, 0.25) is 5.91 Å². The molecular formula is C19H13F4N3O2. The fourth-order valence-electron chi connectivity index (χ4n) is 2.50. The molecule has 0 aliphatic carbocycles. The van der Waals surface area contributed by atoms with E-state index in [1.54, 1.807) is 0 Å². The number of carbonyl (C=O) groups is 1. The largest absolute Gasteiger partial charge is 0.418 e. The Morgan fingerprint density at radius 3 is 2.36 bits per heavy atom. The van der Waals surface area contributed by atoms with Crippen LogP contribution in [0.2, 0.25) is 0 Å². The maximum absolute atomic E-state index is 13.0. The standard InChI is InChI=1S/C19H13F4N3O2/c20-13-7-5-12(6-8-13)15-9-10-18(28)26(25-15)11-17(27)24-16-4-2-1-3-14(16)19(21,22)23/h1-10H,11H2,(H,24,27). The molecule has 1 heterocycles. The predicted octanol–water partition coefficient (Wildman–Crippen LogP) is 3.71. The molecule has 1 amide bonds. The molecule has 1 aromatic heterocycles. The smallest absolute Gasteiger partial charge is 0.324 e. The van der Waals surface area contributed by atoms with Crippen LogP contribution in [0.5, 0.6) is 0 Å². The minimum atomic E-state index is -4.64. The fourth-order valence-corrected chi connectivity index (χ4v) is 2.50. The molecule has 0 bridgehead atoms. The van der Waals surface area contributed by atoms with Gasteiger partial charge in [0.25, 0.3) is 5.56 Å². The highest BCUT2D eigenvalue weighted by atomic mass is 19.4. The van der Waals surface area contributed by atoms with Crippen molar-refractivity contribution in [2.24, 2.45) is 0 Å². The van der Waals surface area contributed by atoms with Gasteiger partial charge in [-0.25, -0.2) is 9.07 Å². The molecule has 0 unspecified atom stereocenters. The zero-order valence-corrected chi connectivity index (χ0v) is 14.2. The number of carbonyl (C=O) groups excluding carboxylic acids is 1. The highest BCUT2D eigenvalue weighted by Crippen LogP contribution is 2.34. The first kappa shape index (κ1) is 19.3. The zero-order chi connectivity index (χ0) is 20.3. The number of nitrogens with zero attached hydrogens (tertiary/aromatic N) is 2. The molecule has 3 aromatic rings. The van der Waals surface area contributed by atoms with Gasteiger partial charge in [0, 0.05) is 11.6 Å². The molecule has 28 heavy (non-hydrogen) atoms. The van der Waals surface area contributed by atoms with Gasteiger partial charge in [-0.05, 0) is 42.5 Å². The van der Waals surface area contributed by atoms with E-state index < -0.39 is 41.3 Å². The summed E-state index contributed by atoms with van der Waals surface area (Å²) in [7, 11) is 0. The van der Waals surface area contributed by atoms with Gasteiger partial charge in [-0.3, -0.25) is 9.59 Å². The molecule has 2 aromatic carbocycles. The van der Waals surface area contributed by atoms with E-state index in [2.05, 4.69) is 10.4 Å². The van der Waals surface area contributed by atoms with E-state index in [-0.39, 0.29) is 0 Å². The number of benzene rings is 2. The van der Waals surface area contributed by atoms with Crippen molar-refractivity contribution >= 4 is 11.6 Å². The molecule has 1 N–H and O–H groups in total. The molecule has 9 heteroatoms. The highest BCUT2D eigenvalue weighted by Gasteiger charge is 2.33. The summed E-state index contributed by atoms with van der Waals surface area (Å²) in [4.78, 5) is 24.1. The molecule has 5 nitrogen and oxygen atoms in total. The number of nitrogens with one attached hydrogen (secondary N) is 1. The average Bonchev–Trinajstić information content (AvgIpc) is 2.64. The third-order valence-electron chi connectivity index (χ3n) is 3.81. The van der Waals surface area contributed by atoms with Crippen LogP contribution < -0.4 is 10.9 Å². The molecule has 0 fully saturated rings. The minimum absolute atomic E-state index is 0.308. The molecule has 0 aliphatic heterocycles. The van der Waals surface area contributed by atoms with Crippen molar-refractivity contribution in [1.82, 2.24) is 9.78 Å². The lowest BCUT2D eigenvalue weighted by atomic mass is 10.1. The van der Waals surface area contributed by atoms with E-state index in [0.717, 1.165) is 16.8 Å². The Labute approximate surface area is 156 Å². The summed E-state index contributed by atoms with van der Waals surface area (Å²) in [6, 6.07) is 12.4. The van der Waals surface area contributed by atoms with Crippen molar-refractivity contribution in [2.75, 3.05) is 5.32 Å². The van der Waals surface area contributed by atoms with Crippen molar-refractivity contribution < 1.29 is 22.4 Å². The maximum Gasteiger partial charge on any atom is 0.418 e. The number of aromatic nitrogens is 2. The average molecular weight is 391 g/mol. The third kappa shape index (κ3) is 4.43. The van der Waals surface area contributed by atoms with Gasteiger partial charge in [-0.15, -0.1) is 0 Å². The van der Waals surface area contributed by atoms with Crippen molar-refractivity contribution in [3.8, 4) is 11.3 Å². The number of rotatable bonds is 4. The topological polar surface area (TPSA) is 64.0 Å². The van der Waals surface area contributed by atoms with Crippen LogP contribution >= 0.6 is 0 Å². The minimum Gasteiger partial charge on any atom is -0.324 e. The Morgan fingerprint density at radius 1 is 1.00 bits per heavy atom. The van der Waals surface area contributed by atoms with Crippen LogP contribution in [0.15, 0.2) is 65.5 Å². The molecule has 0 radical (unpaired) electrons. The van der Waals surface area contributed by atoms with E-state index in [0.29, 0.717) is 11.3 Å². The van der Waals surface area contributed by atoms with Crippen molar-refractivity contribution in [3.05, 3.63) is 82.4 Å². The fraction of sp³-hybridized carbons (Fsp3) is 0.105. The zero-order valence-electron chi connectivity index (χ0n) is 14.2. The van der Waals surface area contributed by atoms with Crippen molar-refractivity contribution in [3.63, 3.8) is 0 Å². The summed E-state index contributed by atoms with van der Waals surface area (Å²) in [5.74, 6) is -1.29. The Balaban J connectivity index is 1.83. The van der Waals surface area contributed by atoms with Crippen LogP contribution in [0.4, 0.5) is 23.2 Å². The second-order valence-corrected chi connectivity index (χ2v) is 5.81. The van der Waals surface area contributed by atoms with E-state index in [1.165, 1.54) is 48.5 Å². The number of para-hydroxylation sites is 1. The molecule has 0 saturated carbocycles. The van der Waals surface area contributed by atoms with Gasteiger partial charge < -0.3 is 5.32 Å². The maximum atomic E-state index is 13.0. The van der Waals surface area contributed by atoms with E-state index in [9.17, 15) is 27.2 Å². The van der Waals surface area contributed by atoms with Gasteiger partial charge in [-0.1, -0.05) is 12.1 Å². The first-order valence-corrected chi connectivity index (χ1v) is 8.04. The second-order valence-electron chi connectivity index (χ2n) is 5.81. The number of alkyl halides is 3. The highest BCUT2D eigenvalue weighted by molar-refractivity contribution is 5.91. The molecule has 0 saturated heterocycles. The SMILES string of the molecule is O=C(Cn1nc(-c2ccc(F)cc2)ccc1=O)Nc1ccccc1C(F)(F)F. The normalized spacial score (nSPS) is 11.3. The van der Waals surface area contributed by atoms with E-state index in [1.807, 2.05) is 0 Å². The summed E-state index contributed by atoms with van der Waals surface area (Å²) in [5.41, 5.74) is -1.20. The summed E-state index contributed by atoms with van der Waals surface area (Å²) >= 11 is 0. The second kappa shape index (κ2) is 7.63. The Morgan fingerprint density at radius 2 is 1.68 bits per heavy atom. The molecule has 144 valence electrons. The van der Waals surface area contributed by atoms with Crippen LogP contribution in [0.25, 0.3) is 11.3 Å². The number of amides is 1. The molecule has 0 atom stereocenters. The summed E-state index contributed by atoms with van der Waals surface area (Å²) in [6.07, 6.45) is -4.64. The van der Waals surface area contributed by atoms with Crippen LogP contribution in [0.1, 0.15) is 5.56 Å². The number of anilines is 1. The molecule has 3 rings (SSSR count). The molecular weight excluding hydrogens is 378 g/mol. The lowest BCUT2D eigenvalue weighted by Crippen LogP contribution is -2.29. The predicted molar refractivity (Wildman–Crippen MR) is 94.0 cm³/mol. The Bertz CT molecular complexity index is 1060. The Kier molecular flexibility index (Phi) is 5.25. The van der Waals surface area contributed by atoms with Crippen LogP contribution in [-0.4, -0.2) is 15.7 Å². The van der Waals surface area contributed by atoms with Crippen molar-refractivity contribution in [1.29, 1.82) is 0 Å². The number of halogens is 4. The number of hydrogen-bond acceptors (Lipinski definition) is 3. The van der Waals surface area contributed by atoms with Gasteiger partial charge in [-0.2, -0.15) is 18.3 Å². The van der Waals surface area contributed by atoms with Gasteiger partial charge in [0.15, 0.2) is 0 Å². The van der Waals surface area contributed by atoms with Crippen LogP contribution in [0, 0.1) is 5.82 Å². The van der Waals surface area contributed by atoms with E-state index >= 15 is 0 Å². The van der Waals surface area contributed by atoms with Gasteiger partial charge in [0.1, 0.15) is 12.4 Å². The van der Waals surface area contributed by atoms with Crippen molar-refractivity contribution in [2.45, 2.75) is 12.7 Å². The summed E-state index contributed by atoms with van der Waals surface area (Å²) < 4.78 is 52.9. The molecule has 0 spiro atoms. The van der Waals surface area contributed by atoms with Crippen LogP contribution in [0.3, 0.4) is 0 Å². The first-order chi connectivity index (χ1) is 13.2. The van der Waals surface area contributed by atoms with Gasteiger partial charge >= 0.3 is 6.18 Å². The lowest BCUT2D eigenvalue weighted by molar-refractivity contribution is -0.137. The summed E-state index contributed by atoms with van der Waals surface area (Å²) in [5, 5.41) is 6.17. The lowest BCUT2D eigenvalue weighted by Gasteiger charge is -2.14. The first-order valence-electron chi connectivity index (χ1n) is 8.04. The summed E-state index contributed by atoms with van der Waals surface area (Å²) in [6.45, 7) is -0.583. The quantitative estimate of drug-likeness (QED) is 0.690. The van der Waals surface area contributed by atoms with E-state index in [4.69, 9.17) is 0 Å².